The summed E-state index contributed by atoms with van der Waals surface area (Å²) in [6.07, 6.45) is 8.04. The van der Waals surface area contributed by atoms with Crippen LogP contribution in [0.3, 0.4) is 0 Å². The molecule has 0 N–H and O–H groups in total. The normalized spacial score (nSPS) is 23.2. The molecule has 1 atom stereocenters. The lowest BCUT2D eigenvalue weighted by molar-refractivity contribution is -0.136. The molecule has 1 amide bonds. The molecule has 2 aliphatic rings. The minimum atomic E-state index is 0.153. The van der Waals surface area contributed by atoms with Crippen LogP contribution in [0.4, 0.5) is 0 Å². The molecule has 1 unspecified atom stereocenters. The van der Waals surface area contributed by atoms with Gasteiger partial charge in [0.05, 0.1) is 0 Å². The van der Waals surface area contributed by atoms with Crippen molar-refractivity contribution in [2.75, 3.05) is 13.1 Å². The fourth-order valence-electron chi connectivity index (χ4n) is 3.11. The SMILES string of the molecule is CC(C)c1nc(C2CCCN(C(=O)C3CC=CC3)C2)no1. The van der Waals surface area contributed by atoms with E-state index in [0.717, 1.165) is 44.6 Å². The minimum absolute atomic E-state index is 0.153. The van der Waals surface area contributed by atoms with Crippen molar-refractivity contribution in [2.45, 2.75) is 51.4 Å². The molecule has 0 bridgehead atoms. The van der Waals surface area contributed by atoms with Crippen molar-refractivity contribution in [3.8, 4) is 0 Å². The van der Waals surface area contributed by atoms with Crippen molar-refractivity contribution < 1.29 is 9.32 Å². The van der Waals surface area contributed by atoms with Crippen LogP contribution >= 0.6 is 0 Å². The van der Waals surface area contributed by atoms with Crippen LogP contribution in [-0.2, 0) is 4.79 Å². The van der Waals surface area contributed by atoms with Gasteiger partial charge in [0.25, 0.3) is 0 Å². The van der Waals surface area contributed by atoms with Crippen LogP contribution in [0.25, 0.3) is 0 Å². The Morgan fingerprint density at radius 2 is 2.14 bits per heavy atom. The standard InChI is InChI=1S/C16H23N3O2/c1-11(2)15-17-14(18-21-15)13-8-5-9-19(10-13)16(20)12-6-3-4-7-12/h3-4,11-13H,5-10H2,1-2H3. The lowest BCUT2D eigenvalue weighted by atomic mass is 9.95. The molecule has 21 heavy (non-hydrogen) atoms. The van der Waals surface area contributed by atoms with E-state index in [1.807, 2.05) is 18.7 Å². The number of aromatic nitrogens is 2. The van der Waals surface area contributed by atoms with E-state index in [0.29, 0.717) is 5.89 Å². The molecule has 0 spiro atoms. The van der Waals surface area contributed by atoms with Crippen LogP contribution in [0.2, 0.25) is 0 Å². The second-order valence-electron chi connectivity index (χ2n) is 6.41. The number of rotatable bonds is 3. The number of likely N-dealkylation sites (tertiary alicyclic amines) is 1. The van der Waals surface area contributed by atoms with E-state index in [1.54, 1.807) is 0 Å². The molecule has 1 aliphatic heterocycles. The van der Waals surface area contributed by atoms with Gasteiger partial charge in [-0.25, -0.2) is 0 Å². The van der Waals surface area contributed by atoms with Crippen molar-refractivity contribution in [3.63, 3.8) is 0 Å². The zero-order valence-corrected chi connectivity index (χ0v) is 12.8. The summed E-state index contributed by atoms with van der Waals surface area (Å²) in [7, 11) is 0. The van der Waals surface area contributed by atoms with E-state index in [2.05, 4.69) is 22.3 Å². The van der Waals surface area contributed by atoms with Gasteiger partial charge in [-0.15, -0.1) is 0 Å². The fraction of sp³-hybridized carbons (Fsp3) is 0.688. The number of carbonyl (C=O) groups is 1. The van der Waals surface area contributed by atoms with Crippen molar-refractivity contribution in [2.24, 2.45) is 5.92 Å². The van der Waals surface area contributed by atoms with Gasteiger partial charge in [0.2, 0.25) is 11.8 Å². The molecule has 5 nitrogen and oxygen atoms in total. The maximum Gasteiger partial charge on any atom is 0.229 e. The van der Waals surface area contributed by atoms with Gasteiger partial charge in [-0.1, -0.05) is 31.2 Å². The van der Waals surface area contributed by atoms with Crippen molar-refractivity contribution >= 4 is 5.91 Å². The maximum absolute atomic E-state index is 12.5. The van der Waals surface area contributed by atoms with Crippen LogP contribution < -0.4 is 0 Å². The predicted octanol–water partition coefficient (Wildman–Crippen LogP) is 2.87. The summed E-state index contributed by atoms with van der Waals surface area (Å²) in [5.74, 6) is 2.36. The van der Waals surface area contributed by atoms with E-state index in [9.17, 15) is 4.79 Å². The zero-order valence-electron chi connectivity index (χ0n) is 12.8. The lowest BCUT2D eigenvalue weighted by Crippen LogP contribution is -2.42. The molecule has 1 aromatic heterocycles. The first-order chi connectivity index (χ1) is 10.1. The van der Waals surface area contributed by atoms with Gasteiger partial charge >= 0.3 is 0 Å². The van der Waals surface area contributed by atoms with E-state index < -0.39 is 0 Å². The highest BCUT2D eigenvalue weighted by Gasteiger charge is 2.31. The number of piperidine rings is 1. The van der Waals surface area contributed by atoms with Crippen LogP contribution in [0.5, 0.6) is 0 Å². The van der Waals surface area contributed by atoms with Gasteiger partial charge in [0.15, 0.2) is 5.82 Å². The maximum atomic E-state index is 12.5. The largest absolute Gasteiger partial charge is 0.342 e. The van der Waals surface area contributed by atoms with Gasteiger partial charge in [-0.05, 0) is 25.7 Å². The first-order valence-corrected chi connectivity index (χ1v) is 7.92. The van der Waals surface area contributed by atoms with Crippen LogP contribution in [0.15, 0.2) is 16.7 Å². The third kappa shape index (κ3) is 3.01. The Bertz CT molecular complexity index is 527. The van der Waals surface area contributed by atoms with Gasteiger partial charge in [-0.2, -0.15) is 4.98 Å². The first-order valence-electron chi connectivity index (χ1n) is 7.92. The number of nitrogens with zero attached hydrogens (tertiary/aromatic N) is 3. The third-order valence-corrected chi connectivity index (χ3v) is 4.41. The van der Waals surface area contributed by atoms with Crippen molar-refractivity contribution in [1.29, 1.82) is 0 Å². The number of hydrogen-bond acceptors (Lipinski definition) is 4. The third-order valence-electron chi connectivity index (χ3n) is 4.41. The summed E-state index contributed by atoms with van der Waals surface area (Å²) >= 11 is 0. The summed E-state index contributed by atoms with van der Waals surface area (Å²) in [4.78, 5) is 19.0. The Balaban J connectivity index is 1.66. The monoisotopic (exact) mass is 289 g/mol. The molecule has 1 aromatic rings. The zero-order chi connectivity index (χ0) is 14.8. The molecule has 0 aromatic carbocycles. The van der Waals surface area contributed by atoms with Crippen LogP contribution in [0, 0.1) is 5.92 Å². The van der Waals surface area contributed by atoms with E-state index >= 15 is 0 Å². The molecule has 1 fully saturated rings. The smallest absolute Gasteiger partial charge is 0.229 e. The summed E-state index contributed by atoms with van der Waals surface area (Å²) in [6, 6.07) is 0. The molecular formula is C16H23N3O2. The highest BCUT2D eigenvalue weighted by atomic mass is 16.5. The lowest BCUT2D eigenvalue weighted by Gasteiger charge is -2.33. The van der Waals surface area contributed by atoms with Gasteiger partial charge in [-0.3, -0.25) is 4.79 Å². The summed E-state index contributed by atoms with van der Waals surface area (Å²) in [6.45, 7) is 5.68. The highest BCUT2D eigenvalue weighted by molar-refractivity contribution is 5.79. The Morgan fingerprint density at radius 3 is 2.81 bits per heavy atom. The van der Waals surface area contributed by atoms with E-state index in [1.165, 1.54) is 0 Å². The summed E-state index contributed by atoms with van der Waals surface area (Å²) in [5, 5.41) is 4.12. The molecule has 1 saturated heterocycles. The van der Waals surface area contributed by atoms with E-state index in [4.69, 9.17) is 4.52 Å². The molecule has 5 heteroatoms. The van der Waals surface area contributed by atoms with Gasteiger partial charge < -0.3 is 9.42 Å². The van der Waals surface area contributed by atoms with Crippen LogP contribution in [-0.4, -0.2) is 34.0 Å². The van der Waals surface area contributed by atoms with Crippen LogP contribution in [0.1, 0.15) is 63.1 Å². The molecule has 3 rings (SSSR count). The average Bonchev–Trinajstić information content (AvgIpc) is 3.18. The van der Waals surface area contributed by atoms with Crippen molar-refractivity contribution in [3.05, 3.63) is 23.9 Å². The summed E-state index contributed by atoms with van der Waals surface area (Å²) in [5.41, 5.74) is 0. The minimum Gasteiger partial charge on any atom is -0.342 e. The Morgan fingerprint density at radius 1 is 1.38 bits per heavy atom. The number of amides is 1. The Hall–Kier alpha value is -1.65. The topological polar surface area (TPSA) is 59.2 Å². The molecule has 0 radical (unpaired) electrons. The Kier molecular flexibility index (Phi) is 4.08. The van der Waals surface area contributed by atoms with Crippen molar-refractivity contribution in [1.82, 2.24) is 15.0 Å². The molecule has 2 heterocycles. The van der Waals surface area contributed by atoms with Gasteiger partial charge in [0.1, 0.15) is 0 Å². The first kappa shape index (κ1) is 14.3. The fourth-order valence-corrected chi connectivity index (χ4v) is 3.11. The summed E-state index contributed by atoms with van der Waals surface area (Å²) < 4.78 is 5.30. The molecule has 1 aliphatic carbocycles. The average molecular weight is 289 g/mol. The molecular weight excluding hydrogens is 266 g/mol. The Labute approximate surface area is 125 Å². The number of carbonyl (C=O) groups excluding carboxylic acids is 1. The number of hydrogen-bond donors (Lipinski definition) is 0. The number of allylic oxidation sites excluding steroid dienone is 2. The quantitative estimate of drug-likeness (QED) is 0.803. The molecule has 0 saturated carbocycles. The molecule has 114 valence electrons. The van der Waals surface area contributed by atoms with Gasteiger partial charge in [0, 0.05) is 30.8 Å². The predicted molar refractivity (Wildman–Crippen MR) is 78.8 cm³/mol. The van der Waals surface area contributed by atoms with E-state index in [-0.39, 0.29) is 23.7 Å². The second-order valence-corrected chi connectivity index (χ2v) is 6.41. The highest BCUT2D eigenvalue weighted by Crippen LogP contribution is 2.29. The second kappa shape index (κ2) is 6.00.